The highest BCUT2D eigenvalue weighted by Crippen LogP contribution is 2.63. The molecule has 9 aromatic rings. The summed E-state index contributed by atoms with van der Waals surface area (Å²) in [7, 11) is 0. The Balaban J connectivity index is 0.987. The van der Waals surface area contributed by atoms with E-state index < -0.39 is 5.41 Å². The van der Waals surface area contributed by atoms with Crippen molar-refractivity contribution in [2.45, 2.75) is 11.6 Å². The number of benzene rings is 9. The van der Waals surface area contributed by atoms with Crippen LogP contribution in [-0.4, -0.2) is 5.71 Å². The van der Waals surface area contributed by atoms with Crippen molar-refractivity contribution in [3.63, 3.8) is 0 Å². The van der Waals surface area contributed by atoms with Gasteiger partial charge in [-0.15, -0.1) is 0 Å². The summed E-state index contributed by atoms with van der Waals surface area (Å²) in [5, 5.41) is 3.81. The van der Waals surface area contributed by atoms with E-state index in [0.717, 1.165) is 39.3 Å². The molecule has 3 aliphatic rings. The normalized spacial score (nSPS) is 15.4. The minimum Gasteiger partial charge on any atom is -0.360 e. The van der Waals surface area contributed by atoms with Crippen LogP contribution in [0.3, 0.4) is 0 Å². The largest absolute Gasteiger partial charge is 0.360 e. The highest BCUT2D eigenvalue weighted by Gasteiger charge is 2.51. The molecule has 1 spiro atoms. The third-order valence-corrected chi connectivity index (χ3v) is 12.9. The third kappa shape index (κ3) is 5.70. The molecule has 1 unspecified atom stereocenters. The molecule has 9 aromatic carbocycles. The van der Waals surface area contributed by atoms with Crippen LogP contribution in [0.25, 0.3) is 39.1 Å². The van der Waals surface area contributed by atoms with Crippen molar-refractivity contribution in [1.82, 2.24) is 5.32 Å². The molecular weight excluding hydrogens is 751 g/mol. The molecule has 3 heteroatoms. The second kappa shape index (κ2) is 14.6. The van der Waals surface area contributed by atoms with Gasteiger partial charge in [-0.3, -0.25) is 4.99 Å². The zero-order chi connectivity index (χ0) is 41.0. The quantitative estimate of drug-likeness (QED) is 0.182. The average molecular weight is 792 g/mol. The summed E-state index contributed by atoms with van der Waals surface area (Å²) in [4.78, 5) is 7.71. The monoisotopic (exact) mass is 791 g/mol. The Hall–Kier alpha value is -8.01. The van der Waals surface area contributed by atoms with Crippen LogP contribution < -0.4 is 10.2 Å². The van der Waals surface area contributed by atoms with Gasteiger partial charge in [0.25, 0.3) is 0 Å². The second-order valence-electron chi connectivity index (χ2n) is 16.3. The van der Waals surface area contributed by atoms with Gasteiger partial charge in [-0.1, -0.05) is 194 Å². The predicted molar refractivity (Wildman–Crippen MR) is 256 cm³/mol. The summed E-state index contributed by atoms with van der Waals surface area (Å²) in [5.74, 6) is 0. The predicted octanol–water partition coefficient (Wildman–Crippen LogP) is 14.3. The highest BCUT2D eigenvalue weighted by atomic mass is 15.2. The van der Waals surface area contributed by atoms with E-state index in [0.29, 0.717) is 0 Å². The number of fused-ring (bicyclic) bond motifs is 9. The van der Waals surface area contributed by atoms with E-state index in [1.165, 1.54) is 61.4 Å². The van der Waals surface area contributed by atoms with Crippen LogP contribution in [0.4, 0.5) is 17.1 Å². The van der Waals surface area contributed by atoms with Gasteiger partial charge in [0, 0.05) is 11.4 Å². The molecule has 1 N–H and O–H groups in total. The van der Waals surface area contributed by atoms with Gasteiger partial charge in [0.05, 0.1) is 22.5 Å². The molecule has 0 radical (unpaired) electrons. The van der Waals surface area contributed by atoms with Gasteiger partial charge in [0.15, 0.2) is 0 Å². The molecule has 0 fully saturated rings. The van der Waals surface area contributed by atoms with Gasteiger partial charge in [-0.2, -0.15) is 0 Å². The molecule has 1 aliphatic carbocycles. The summed E-state index contributed by atoms with van der Waals surface area (Å²) in [6.45, 7) is 0. The SMILES string of the molecule is C1=C(c2cccc(-c3ccc4c(c3)C3(c5ccccc5-4)c4ccccc4N(c4ccccc4)c4ccccc43)c2)NC(c2ccccc2)N=C1c1ccc(-c2ccccc2)cc1. The van der Waals surface area contributed by atoms with E-state index in [-0.39, 0.29) is 6.17 Å². The molecular formula is C59H41N3. The maximum Gasteiger partial charge on any atom is 0.145 e. The Bertz CT molecular complexity index is 3160. The van der Waals surface area contributed by atoms with Gasteiger partial charge in [0.2, 0.25) is 0 Å². The average Bonchev–Trinajstić information content (AvgIpc) is 3.65. The van der Waals surface area contributed by atoms with Gasteiger partial charge < -0.3 is 10.2 Å². The minimum absolute atomic E-state index is 0.232. The number of aliphatic imine (C=N–C) groups is 1. The van der Waals surface area contributed by atoms with E-state index in [1.54, 1.807) is 0 Å². The van der Waals surface area contributed by atoms with Crippen LogP contribution in [0.5, 0.6) is 0 Å². The van der Waals surface area contributed by atoms with Crippen LogP contribution in [0, 0.1) is 0 Å². The standard InChI is InChI=1S/C59H41N3/c1-4-17-40(18-5-1)41-31-33-42(34-32-41)54-39-55(61-58(60-54)43-19-6-2-7-20-43)46-22-16-21-44(37-46)45-35-36-49-48-25-10-11-26-50(48)59(53(49)38-45)51-27-12-14-29-56(51)62(47-23-8-3-9-24-47)57-30-15-13-28-52(57)59/h1-39,58,61H. The van der Waals surface area contributed by atoms with E-state index in [2.05, 4.69) is 247 Å². The molecule has 12 rings (SSSR count). The van der Waals surface area contributed by atoms with E-state index in [1.807, 2.05) is 0 Å². The zero-order valence-electron chi connectivity index (χ0n) is 34.0. The van der Waals surface area contributed by atoms with Crippen molar-refractivity contribution < 1.29 is 0 Å². The first-order valence-electron chi connectivity index (χ1n) is 21.4. The Morgan fingerprint density at radius 3 is 1.63 bits per heavy atom. The third-order valence-electron chi connectivity index (χ3n) is 12.9. The topological polar surface area (TPSA) is 27.6 Å². The van der Waals surface area contributed by atoms with Crippen LogP contribution in [0.1, 0.15) is 45.1 Å². The van der Waals surface area contributed by atoms with E-state index in [9.17, 15) is 0 Å². The molecule has 0 bridgehead atoms. The summed E-state index contributed by atoms with van der Waals surface area (Å²) < 4.78 is 0. The minimum atomic E-state index is -0.518. The first kappa shape index (κ1) is 35.9. The van der Waals surface area contributed by atoms with E-state index in [4.69, 9.17) is 4.99 Å². The molecule has 292 valence electrons. The van der Waals surface area contributed by atoms with Crippen molar-refractivity contribution in [2.24, 2.45) is 4.99 Å². The zero-order valence-corrected chi connectivity index (χ0v) is 34.0. The molecule has 2 heterocycles. The number of para-hydroxylation sites is 3. The number of hydrogen-bond acceptors (Lipinski definition) is 3. The van der Waals surface area contributed by atoms with Crippen LogP contribution >= 0.6 is 0 Å². The second-order valence-corrected chi connectivity index (χ2v) is 16.3. The Morgan fingerprint density at radius 2 is 0.903 bits per heavy atom. The van der Waals surface area contributed by atoms with Gasteiger partial charge in [-0.25, -0.2) is 0 Å². The smallest absolute Gasteiger partial charge is 0.145 e. The molecule has 1 atom stereocenters. The Kier molecular flexibility index (Phi) is 8.46. The van der Waals surface area contributed by atoms with Crippen molar-refractivity contribution >= 4 is 28.5 Å². The maximum atomic E-state index is 5.28. The molecule has 2 aliphatic heterocycles. The van der Waals surface area contributed by atoms with Crippen molar-refractivity contribution in [2.75, 3.05) is 4.90 Å². The summed E-state index contributed by atoms with van der Waals surface area (Å²) in [5.41, 5.74) is 20.8. The lowest BCUT2D eigenvalue weighted by Crippen LogP contribution is -2.36. The fraction of sp³-hybridized carbons (Fsp3) is 0.0339. The highest BCUT2D eigenvalue weighted by molar-refractivity contribution is 6.13. The number of allylic oxidation sites excluding steroid dienone is 1. The molecule has 0 aromatic heterocycles. The van der Waals surface area contributed by atoms with Gasteiger partial charge in [-0.05, 0) is 115 Å². The fourth-order valence-corrected chi connectivity index (χ4v) is 10.1. The molecule has 62 heavy (non-hydrogen) atoms. The molecule has 0 saturated carbocycles. The lowest BCUT2D eigenvalue weighted by Gasteiger charge is -2.45. The summed E-state index contributed by atoms with van der Waals surface area (Å²) in [6, 6.07) is 83.8. The Labute approximate surface area is 362 Å². The van der Waals surface area contributed by atoms with Gasteiger partial charge >= 0.3 is 0 Å². The maximum absolute atomic E-state index is 5.28. The van der Waals surface area contributed by atoms with Crippen molar-refractivity contribution in [3.8, 4) is 33.4 Å². The van der Waals surface area contributed by atoms with Crippen LogP contribution in [0.2, 0.25) is 0 Å². The Morgan fingerprint density at radius 1 is 0.387 bits per heavy atom. The van der Waals surface area contributed by atoms with Crippen LogP contribution in [-0.2, 0) is 5.41 Å². The summed E-state index contributed by atoms with van der Waals surface area (Å²) in [6.07, 6.45) is 1.97. The number of anilines is 3. The number of hydrogen-bond donors (Lipinski definition) is 1. The first-order chi connectivity index (χ1) is 30.7. The van der Waals surface area contributed by atoms with E-state index >= 15 is 0 Å². The lowest BCUT2D eigenvalue weighted by molar-refractivity contribution is 0.664. The fourth-order valence-electron chi connectivity index (χ4n) is 10.1. The van der Waals surface area contributed by atoms with Crippen LogP contribution in [0.15, 0.2) is 242 Å². The van der Waals surface area contributed by atoms with Crippen molar-refractivity contribution in [1.29, 1.82) is 0 Å². The lowest BCUT2D eigenvalue weighted by atomic mass is 9.64. The van der Waals surface area contributed by atoms with Crippen molar-refractivity contribution in [3.05, 3.63) is 276 Å². The number of nitrogens with zero attached hydrogens (tertiary/aromatic N) is 2. The number of rotatable bonds is 6. The molecule has 0 saturated heterocycles. The summed E-state index contributed by atoms with van der Waals surface area (Å²) >= 11 is 0. The first-order valence-corrected chi connectivity index (χ1v) is 21.4. The molecule has 0 amide bonds. The molecule has 3 nitrogen and oxygen atoms in total. The van der Waals surface area contributed by atoms with Gasteiger partial charge in [0.1, 0.15) is 6.17 Å². The number of nitrogens with one attached hydrogen (secondary N) is 1.